The molecule has 1 saturated carbocycles. The molecule has 0 aromatic carbocycles. The molecule has 1 fully saturated rings. The van der Waals surface area contributed by atoms with Crippen LogP contribution in [0.15, 0.2) is 0 Å². The van der Waals surface area contributed by atoms with Crippen molar-refractivity contribution in [1.29, 1.82) is 0 Å². The lowest BCUT2D eigenvalue weighted by atomic mass is 10.2. The van der Waals surface area contributed by atoms with Crippen molar-refractivity contribution >= 4 is 29.4 Å². The number of hydrogen-bond donors (Lipinski definition) is 2. The summed E-state index contributed by atoms with van der Waals surface area (Å²) in [5, 5.41) is 1.37. The van der Waals surface area contributed by atoms with Gasteiger partial charge in [0.1, 0.15) is 11.9 Å². The molecule has 1 aliphatic carbocycles. The number of imide groups is 1. The number of urea groups is 1. The summed E-state index contributed by atoms with van der Waals surface area (Å²) in [6.45, 7) is 1.29. The van der Waals surface area contributed by atoms with Gasteiger partial charge in [0.25, 0.3) is 0 Å². The van der Waals surface area contributed by atoms with E-state index in [0.29, 0.717) is 0 Å². The third-order valence-corrected chi connectivity index (χ3v) is 3.14. The maximum Gasteiger partial charge on any atom is 0.324 e. The smallest absolute Gasteiger partial charge is 0.324 e. The summed E-state index contributed by atoms with van der Waals surface area (Å²) >= 11 is 5.57. The van der Waals surface area contributed by atoms with Crippen LogP contribution in [0, 0.1) is 0 Å². The van der Waals surface area contributed by atoms with Crippen molar-refractivity contribution in [3.05, 3.63) is 0 Å². The number of primary amides is 1. The van der Waals surface area contributed by atoms with E-state index in [1.807, 2.05) is 0 Å². The second-order valence-corrected chi connectivity index (χ2v) is 5.10. The van der Waals surface area contributed by atoms with E-state index < -0.39 is 23.2 Å². The number of halogens is 1. The number of amides is 4. The van der Waals surface area contributed by atoms with Crippen LogP contribution in [0.2, 0.25) is 0 Å². The zero-order chi connectivity index (χ0) is 13.7. The molecular weight excluding hydrogens is 258 g/mol. The molecule has 1 rings (SSSR count). The number of carbonyl (C=O) groups is 3. The van der Waals surface area contributed by atoms with E-state index in [4.69, 9.17) is 17.3 Å². The first kappa shape index (κ1) is 14.8. The Morgan fingerprint density at radius 1 is 1.39 bits per heavy atom. The highest BCUT2D eigenvalue weighted by Crippen LogP contribution is 2.23. The number of nitrogens with two attached hydrogens (primary N) is 1. The predicted octanol–water partition coefficient (Wildman–Crippen LogP) is 0.580. The van der Waals surface area contributed by atoms with Gasteiger partial charge in [0, 0.05) is 6.04 Å². The third-order valence-electron chi connectivity index (χ3n) is 2.94. The van der Waals surface area contributed by atoms with E-state index in [2.05, 4.69) is 5.32 Å². The molecule has 0 spiro atoms. The molecule has 3 N–H and O–H groups in total. The Labute approximate surface area is 111 Å². The number of alkyl halides is 1. The van der Waals surface area contributed by atoms with Crippen LogP contribution in [0.3, 0.4) is 0 Å². The number of nitrogens with zero attached hydrogens (tertiary/aromatic N) is 1. The lowest BCUT2D eigenvalue weighted by Gasteiger charge is -2.27. The molecular formula is C11H18ClN3O3. The van der Waals surface area contributed by atoms with Crippen LogP contribution in [0.4, 0.5) is 4.79 Å². The van der Waals surface area contributed by atoms with E-state index in [-0.39, 0.29) is 12.6 Å². The molecule has 6 nitrogen and oxygen atoms in total. The minimum atomic E-state index is -0.798. The monoisotopic (exact) mass is 275 g/mol. The molecule has 1 unspecified atom stereocenters. The van der Waals surface area contributed by atoms with Crippen LogP contribution in [-0.2, 0) is 9.59 Å². The first-order valence-electron chi connectivity index (χ1n) is 5.95. The molecule has 0 bridgehead atoms. The highest BCUT2D eigenvalue weighted by molar-refractivity contribution is 6.31. The van der Waals surface area contributed by atoms with Gasteiger partial charge in [0.15, 0.2) is 0 Å². The number of nitrogens with one attached hydrogen (secondary N) is 1. The summed E-state index contributed by atoms with van der Waals surface area (Å²) in [4.78, 5) is 35.6. The van der Waals surface area contributed by atoms with Gasteiger partial charge in [-0.1, -0.05) is 12.8 Å². The summed E-state index contributed by atoms with van der Waals surface area (Å²) in [6.07, 6.45) is 3.66. The van der Waals surface area contributed by atoms with Crippen LogP contribution in [0.25, 0.3) is 0 Å². The molecule has 0 saturated heterocycles. The fourth-order valence-corrected chi connectivity index (χ4v) is 2.08. The SMILES string of the molecule is CC(Cl)C(=O)NC(=O)N(CC(N)=O)C1CCCC1. The normalized spacial score (nSPS) is 17.2. The van der Waals surface area contributed by atoms with Crippen molar-refractivity contribution in [2.45, 2.75) is 44.0 Å². The summed E-state index contributed by atoms with van der Waals surface area (Å²) in [7, 11) is 0. The molecule has 0 aromatic rings. The lowest BCUT2D eigenvalue weighted by molar-refractivity contribution is -0.121. The fourth-order valence-electron chi connectivity index (χ4n) is 2.03. The zero-order valence-corrected chi connectivity index (χ0v) is 11.1. The molecule has 0 aromatic heterocycles. The van der Waals surface area contributed by atoms with Gasteiger partial charge in [0.2, 0.25) is 11.8 Å². The molecule has 7 heteroatoms. The third kappa shape index (κ3) is 4.18. The molecule has 102 valence electrons. The van der Waals surface area contributed by atoms with E-state index in [1.165, 1.54) is 11.8 Å². The minimum Gasteiger partial charge on any atom is -0.368 e. The van der Waals surface area contributed by atoms with E-state index in [9.17, 15) is 14.4 Å². The summed E-state index contributed by atoms with van der Waals surface area (Å²) in [6, 6.07) is -0.630. The number of carbonyl (C=O) groups excluding carboxylic acids is 3. The van der Waals surface area contributed by atoms with Crippen molar-refractivity contribution in [2.75, 3.05) is 6.54 Å². The first-order chi connectivity index (χ1) is 8.41. The van der Waals surface area contributed by atoms with Gasteiger partial charge in [-0.2, -0.15) is 0 Å². The number of rotatable bonds is 4. The largest absolute Gasteiger partial charge is 0.368 e. The van der Waals surface area contributed by atoms with Crippen LogP contribution in [0.1, 0.15) is 32.6 Å². The molecule has 4 amide bonds. The van der Waals surface area contributed by atoms with E-state index >= 15 is 0 Å². The van der Waals surface area contributed by atoms with E-state index in [1.54, 1.807) is 0 Å². The average molecular weight is 276 g/mol. The Balaban J connectivity index is 2.66. The molecule has 18 heavy (non-hydrogen) atoms. The van der Waals surface area contributed by atoms with Crippen LogP contribution in [-0.4, -0.2) is 40.7 Å². The van der Waals surface area contributed by atoms with Crippen molar-refractivity contribution < 1.29 is 14.4 Å². The van der Waals surface area contributed by atoms with Crippen molar-refractivity contribution in [1.82, 2.24) is 10.2 Å². The molecule has 0 heterocycles. The van der Waals surface area contributed by atoms with E-state index in [0.717, 1.165) is 25.7 Å². The van der Waals surface area contributed by atoms with Crippen LogP contribution < -0.4 is 11.1 Å². The van der Waals surface area contributed by atoms with Crippen molar-refractivity contribution in [2.24, 2.45) is 5.73 Å². The minimum absolute atomic E-state index is 0.0315. The Hall–Kier alpha value is -1.30. The molecule has 1 aliphatic rings. The van der Waals surface area contributed by atoms with Gasteiger partial charge >= 0.3 is 6.03 Å². The second-order valence-electron chi connectivity index (χ2n) is 4.44. The number of hydrogen-bond acceptors (Lipinski definition) is 3. The van der Waals surface area contributed by atoms with Gasteiger partial charge < -0.3 is 10.6 Å². The van der Waals surface area contributed by atoms with Crippen molar-refractivity contribution in [3.8, 4) is 0 Å². The van der Waals surface area contributed by atoms with Gasteiger partial charge in [-0.3, -0.25) is 14.9 Å². The summed E-state index contributed by atoms with van der Waals surface area (Å²) in [5.41, 5.74) is 5.12. The Bertz CT molecular complexity index is 340. The standard InChI is InChI=1S/C11H18ClN3O3/c1-7(12)10(17)14-11(18)15(6-9(13)16)8-4-2-3-5-8/h7-8H,2-6H2,1H3,(H2,13,16)(H,14,17,18). The van der Waals surface area contributed by atoms with Crippen LogP contribution in [0.5, 0.6) is 0 Å². The first-order valence-corrected chi connectivity index (χ1v) is 6.39. The predicted molar refractivity (Wildman–Crippen MR) is 67.0 cm³/mol. The quantitative estimate of drug-likeness (QED) is 0.735. The Morgan fingerprint density at radius 3 is 2.39 bits per heavy atom. The maximum atomic E-state index is 11.9. The fraction of sp³-hybridized carbons (Fsp3) is 0.727. The zero-order valence-electron chi connectivity index (χ0n) is 10.3. The average Bonchev–Trinajstić information content (AvgIpc) is 2.78. The molecule has 0 aliphatic heterocycles. The lowest BCUT2D eigenvalue weighted by Crippen LogP contribution is -2.51. The Kier molecular flexibility index (Phi) is 5.40. The highest BCUT2D eigenvalue weighted by atomic mass is 35.5. The molecule has 0 radical (unpaired) electrons. The second kappa shape index (κ2) is 6.58. The Morgan fingerprint density at radius 2 is 1.94 bits per heavy atom. The summed E-state index contributed by atoms with van der Waals surface area (Å²) < 4.78 is 0. The topological polar surface area (TPSA) is 92.5 Å². The highest BCUT2D eigenvalue weighted by Gasteiger charge is 2.29. The van der Waals surface area contributed by atoms with Crippen LogP contribution >= 0.6 is 11.6 Å². The van der Waals surface area contributed by atoms with Gasteiger partial charge in [0.05, 0.1) is 0 Å². The van der Waals surface area contributed by atoms with Crippen molar-refractivity contribution in [3.63, 3.8) is 0 Å². The molecule has 1 atom stereocenters. The van der Waals surface area contributed by atoms with Gasteiger partial charge in [-0.05, 0) is 19.8 Å². The maximum absolute atomic E-state index is 11.9. The van der Waals surface area contributed by atoms with Gasteiger partial charge in [-0.25, -0.2) is 4.79 Å². The summed E-state index contributed by atoms with van der Waals surface area (Å²) in [5.74, 6) is -1.17. The van der Waals surface area contributed by atoms with Gasteiger partial charge in [-0.15, -0.1) is 11.6 Å².